The Morgan fingerprint density at radius 3 is 3.09 bits per heavy atom. The van der Waals surface area contributed by atoms with Crippen LogP contribution in [0, 0.1) is 0 Å². The second kappa shape index (κ2) is 6.13. The number of rotatable bonds is 4. The van der Waals surface area contributed by atoms with Crippen LogP contribution in [0.4, 0.5) is 0 Å². The van der Waals surface area contributed by atoms with Crippen molar-refractivity contribution in [2.24, 2.45) is 0 Å². The first kappa shape index (κ1) is 14.4. The van der Waals surface area contributed by atoms with Crippen LogP contribution in [0.25, 0.3) is 10.7 Å². The highest BCUT2D eigenvalue weighted by atomic mass is 32.1. The van der Waals surface area contributed by atoms with Gasteiger partial charge in [0.25, 0.3) is 0 Å². The Hall–Kier alpha value is -1.20. The molecule has 1 atom stereocenters. The lowest BCUT2D eigenvalue weighted by Crippen LogP contribution is -2.05. The molecule has 1 unspecified atom stereocenters. The summed E-state index contributed by atoms with van der Waals surface area (Å²) in [7, 11) is 0. The summed E-state index contributed by atoms with van der Waals surface area (Å²) in [5.74, 6) is 2.46. The highest BCUT2D eigenvalue weighted by Crippen LogP contribution is 2.37. The average Bonchev–Trinajstić information content (AvgIpc) is 3.26. The molecule has 2 aromatic heterocycles. The second-order valence-corrected chi connectivity index (χ2v) is 7.23. The van der Waals surface area contributed by atoms with Crippen molar-refractivity contribution in [3.05, 3.63) is 22.3 Å². The molecule has 1 fully saturated rings. The van der Waals surface area contributed by atoms with Gasteiger partial charge in [-0.2, -0.15) is 5.10 Å². The molecule has 2 aliphatic rings. The van der Waals surface area contributed by atoms with Crippen LogP contribution >= 0.6 is 11.3 Å². The summed E-state index contributed by atoms with van der Waals surface area (Å²) < 4.78 is 7.65. The summed E-state index contributed by atoms with van der Waals surface area (Å²) in [5.41, 5.74) is 3.08. The molecule has 1 aliphatic carbocycles. The summed E-state index contributed by atoms with van der Waals surface area (Å²) in [6.07, 6.45) is 7.21. The Morgan fingerprint density at radius 1 is 1.36 bits per heavy atom. The van der Waals surface area contributed by atoms with Crippen LogP contribution in [0.1, 0.15) is 55.5 Å². The molecule has 0 spiro atoms. The lowest BCUT2D eigenvalue weighted by Gasteiger charge is -2.12. The topological polar surface area (TPSA) is 39.9 Å². The molecule has 0 radical (unpaired) electrons. The SMILES string of the molecule is CCCn1nc(C2CCOC2)nc1-c1scc2c1CCCC2. The van der Waals surface area contributed by atoms with E-state index in [1.807, 2.05) is 11.3 Å². The number of hydrogen-bond donors (Lipinski definition) is 0. The molecule has 2 aromatic rings. The Labute approximate surface area is 135 Å². The van der Waals surface area contributed by atoms with Crippen LogP contribution in [0.3, 0.4) is 0 Å². The smallest absolute Gasteiger partial charge is 0.168 e. The first-order valence-corrected chi connectivity index (χ1v) is 9.37. The molecule has 22 heavy (non-hydrogen) atoms. The van der Waals surface area contributed by atoms with Gasteiger partial charge < -0.3 is 4.74 Å². The summed E-state index contributed by atoms with van der Waals surface area (Å²) in [4.78, 5) is 6.31. The van der Waals surface area contributed by atoms with Crippen LogP contribution in [-0.4, -0.2) is 28.0 Å². The standard InChI is InChI=1S/C17H23N3OS/c1-2-8-20-17(18-16(19-20)12-7-9-21-10-12)15-14-6-4-3-5-13(14)11-22-15/h11-12H,2-10H2,1H3. The van der Waals surface area contributed by atoms with Crippen LogP contribution in [0.15, 0.2) is 5.38 Å². The number of thiophene rings is 1. The van der Waals surface area contributed by atoms with Crippen LogP contribution in [0.5, 0.6) is 0 Å². The van der Waals surface area contributed by atoms with Gasteiger partial charge in [-0.3, -0.25) is 0 Å². The predicted molar refractivity (Wildman–Crippen MR) is 88.4 cm³/mol. The van der Waals surface area contributed by atoms with E-state index < -0.39 is 0 Å². The molecule has 0 N–H and O–H groups in total. The monoisotopic (exact) mass is 317 g/mol. The van der Waals surface area contributed by atoms with Gasteiger partial charge in [0.15, 0.2) is 11.6 Å². The Bertz CT molecular complexity index is 655. The van der Waals surface area contributed by atoms with Gasteiger partial charge in [-0.05, 0) is 55.0 Å². The van der Waals surface area contributed by atoms with E-state index in [1.54, 1.807) is 5.56 Å². The maximum absolute atomic E-state index is 5.52. The van der Waals surface area contributed by atoms with Gasteiger partial charge in [-0.15, -0.1) is 11.3 Å². The van der Waals surface area contributed by atoms with E-state index in [0.717, 1.165) is 44.2 Å². The minimum absolute atomic E-state index is 0.382. The maximum atomic E-state index is 5.52. The minimum atomic E-state index is 0.382. The number of ether oxygens (including phenoxy) is 1. The molecule has 0 aromatic carbocycles. The van der Waals surface area contributed by atoms with E-state index in [1.165, 1.54) is 36.1 Å². The van der Waals surface area contributed by atoms with Crippen LogP contribution in [-0.2, 0) is 24.1 Å². The molecule has 118 valence electrons. The maximum Gasteiger partial charge on any atom is 0.168 e. The quantitative estimate of drug-likeness (QED) is 0.861. The van der Waals surface area contributed by atoms with E-state index in [-0.39, 0.29) is 0 Å². The number of aromatic nitrogens is 3. The highest BCUT2D eigenvalue weighted by molar-refractivity contribution is 7.13. The molecular weight excluding hydrogens is 294 g/mol. The van der Waals surface area contributed by atoms with Crippen molar-refractivity contribution in [3.63, 3.8) is 0 Å². The Balaban J connectivity index is 1.74. The van der Waals surface area contributed by atoms with E-state index in [0.29, 0.717) is 5.92 Å². The van der Waals surface area contributed by atoms with Gasteiger partial charge >= 0.3 is 0 Å². The number of hydrogen-bond acceptors (Lipinski definition) is 4. The van der Waals surface area contributed by atoms with Crippen molar-refractivity contribution in [1.82, 2.24) is 14.8 Å². The van der Waals surface area contributed by atoms with E-state index in [4.69, 9.17) is 14.8 Å². The Kier molecular flexibility index (Phi) is 4.01. The van der Waals surface area contributed by atoms with E-state index in [2.05, 4.69) is 17.0 Å². The third-order valence-electron chi connectivity index (χ3n) is 4.73. The van der Waals surface area contributed by atoms with Gasteiger partial charge in [0.05, 0.1) is 11.5 Å². The normalized spacial score (nSPS) is 21.2. The van der Waals surface area contributed by atoms with Gasteiger partial charge in [0, 0.05) is 19.1 Å². The fraction of sp³-hybridized carbons (Fsp3) is 0.647. The molecule has 4 nitrogen and oxygen atoms in total. The first-order chi connectivity index (χ1) is 10.9. The summed E-state index contributed by atoms with van der Waals surface area (Å²) in [5, 5.41) is 7.16. The van der Waals surface area contributed by atoms with Gasteiger partial charge in [-0.1, -0.05) is 6.92 Å². The molecule has 3 heterocycles. The number of fused-ring (bicyclic) bond motifs is 1. The zero-order valence-corrected chi connectivity index (χ0v) is 14.0. The minimum Gasteiger partial charge on any atom is -0.381 e. The predicted octanol–water partition coefficient (Wildman–Crippen LogP) is 3.80. The second-order valence-electron chi connectivity index (χ2n) is 6.35. The molecule has 0 amide bonds. The van der Waals surface area contributed by atoms with Gasteiger partial charge in [0.2, 0.25) is 0 Å². The molecule has 4 rings (SSSR count). The highest BCUT2D eigenvalue weighted by Gasteiger charge is 2.26. The van der Waals surface area contributed by atoms with E-state index in [9.17, 15) is 0 Å². The van der Waals surface area contributed by atoms with Crippen molar-refractivity contribution in [2.45, 2.75) is 57.9 Å². The van der Waals surface area contributed by atoms with Crippen molar-refractivity contribution in [3.8, 4) is 10.7 Å². The molecule has 0 saturated carbocycles. The fourth-order valence-electron chi connectivity index (χ4n) is 3.51. The summed E-state index contributed by atoms with van der Waals surface area (Å²) in [6, 6.07) is 0. The summed E-state index contributed by atoms with van der Waals surface area (Å²) in [6.45, 7) is 4.77. The van der Waals surface area contributed by atoms with Crippen molar-refractivity contribution >= 4 is 11.3 Å². The van der Waals surface area contributed by atoms with Crippen LogP contribution < -0.4 is 0 Å². The van der Waals surface area contributed by atoms with Crippen molar-refractivity contribution in [2.75, 3.05) is 13.2 Å². The van der Waals surface area contributed by atoms with Crippen LogP contribution in [0.2, 0.25) is 0 Å². The third kappa shape index (κ3) is 2.50. The average molecular weight is 317 g/mol. The lowest BCUT2D eigenvalue weighted by molar-refractivity contribution is 0.193. The lowest BCUT2D eigenvalue weighted by atomic mass is 9.94. The molecule has 1 saturated heterocycles. The molecule has 0 bridgehead atoms. The van der Waals surface area contributed by atoms with E-state index >= 15 is 0 Å². The zero-order valence-electron chi connectivity index (χ0n) is 13.2. The molecular formula is C17H23N3OS. The third-order valence-corrected chi connectivity index (χ3v) is 5.79. The zero-order chi connectivity index (χ0) is 14.9. The molecule has 1 aliphatic heterocycles. The van der Waals surface area contributed by atoms with Gasteiger partial charge in [-0.25, -0.2) is 9.67 Å². The molecule has 5 heteroatoms. The van der Waals surface area contributed by atoms with Crippen molar-refractivity contribution < 1.29 is 4.74 Å². The fourth-order valence-corrected chi connectivity index (χ4v) is 4.67. The Morgan fingerprint density at radius 2 is 2.27 bits per heavy atom. The van der Waals surface area contributed by atoms with Gasteiger partial charge in [0.1, 0.15) is 0 Å². The number of aryl methyl sites for hydroxylation is 2. The summed E-state index contributed by atoms with van der Waals surface area (Å²) >= 11 is 1.86. The first-order valence-electron chi connectivity index (χ1n) is 8.49. The largest absolute Gasteiger partial charge is 0.381 e. The number of nitrogens with zero attached hydrogens (tertiary/aromatic N) is 3. The van der Waals surface area contributed by atoms with Crippen molar-refractivity contribution in [1.29, 1.82) is 0 Å².